The summed E-state index contributed by atoms with van der Waals surface area (Å²) >= 11 is 5.91. The Labute approximate surface area is 188 Å². The van der Waals surface area contributed by atoms with Crippen molar-refractivity contribution in [1.29, 1.82) is 0 Å². The van der Waals surface area contributed by atoms with Gasteiger partial charge in [-0.2, -0.15) is 0 Å². The van der Waals surface area contributed by atoms with Crippen LogP contribution < -0.4 is 5.32 Å². The first-order valence-corrected chi connectivity index (χ1v) is 9.70. The summed E-state index contributed by atoms with van der Waals surface area (Å²) in [6, 6.07) is 7.54. The number of carbonyl (C=O) groups excluding carboxylic acids is 2. The number of halogens is 2. The van der Waals surface area contributed by atoms with E-state index in [0.717, 1.165) is 31.5 Å². The molecular formula is C19H27ClIN5O2. The molecule has 0 aromatic heterocycles. The predicted octanol–water partition coefficient (Wildman–Crippen LogP) is 1.80. The summed E-state index contributed by atoms with van der Waals surface area (Å²) < 4.78 is 0. The molecule has 0 unspecified atom stereocenters. The molecule has 2 amide bonds. The number of aliphatic imine (C=N–C) groups is 1. The summed E-state index contributed by atoms with van der Waals surface area (Å²) in [5.41, 5.74) is 1.06. The molecule has 0 radical (unpaired) electrons. The fraction of sp³-hybridized carbons (Fsp3) is 0.526. The lowest BCUT2D eigenvalue weighted by atomic mass is 10.2. The molecule has 2 aliphatic rings. The van der Waals surface area contributed by atoms with E-state index in [-0.39, 0.29) is 48.9 Å². The summed E-state index contributed by atoms with van der Waals surface area (Å²) in [5, 5.41) is 3.79. The van der Waals surface area contributed by atoms with Gasteiger partial charge in [0, 0.05) is 44.8 Å². The first kappa shape index (κ1) is 22.7. The second-order valence-electron chi connectivity index (χ2n) is 6.85. The predicted molar refractivity (Wildman–Crippen MR) is 121 cm³/mol. The number of hydrogen-bond donors (Lipinski definition) is 1. The highest BCUT2D eigenvalue weighted by Crippen LogP contribution is 2.14. The molecule has 154 valence electrons. The van der Waals surface area contributed by atoms with Gasteiger partial charge in [-0.1, -0.05) is 23.7 Å². The van der Waals surface area contributed by atoms with Gasteiger partial charge in [-0.25, -0.2) is 0 Å². The second-order valence-corrected chi connectivity index (χ2v) is 7.29. The number of rotatable bonds is 4. The number of carbonyl (C=O) groups is 2. The van der Waals surface area contributed by atoms with Crippen molar-refractivity contribution in [2.75, 3.05) is 46.3 Å². The van der Waals surface area contributed by atoms with E-state index >= 15 is 0 Å². The topological polar surface area (TPSA) is 68.2 Å². The Morgan fingerprint density at radius 1 is 1.11 bits per heavy atom. The molecular weight excluding hydrogens is 493 g/mol. The maximum Gasteiger partial charge on any atom is 0.242 e. The van der Waals surface area contributed by atoms with E-state index in [1.54, 1.807) is 7.05 Å². The minimum absolute atomic E-state index is 0. The number of piperazine rings is 1. The Morgan fingerprint density at radius 3 is 2.39 bits per heavy atom. The number of hydrogen-bond acceptors (Lipinski definition) is 3. The van der Waals surface area contributed by atoms with Crippen LogP contribution >= 0.6 is 35.6 Å². The van der Waals surface area contributed by atoms with Crippen LogP contribution in [0.3, 0.4) is 0 Å². The Morgan fingerprint density at radius 2 is 1.79 bits per heavy atom. The van der Waals surface area contributed by atoms with E-state index < -0.39 is 0 Å². The highest BCUT2D eigenvalue weighted by atomic mass is 127. The second kappa shape index (κ2) is 10.8. The molecule has 2 heterocycles. The van der Waals surface area contributed by atoms with Gasteiger partial charge in [0.2, 0.25) is 11.8 Å². The quantitative estimate of drug-likeness (QED) is 0.374. The van der Waals surface area contributed by atoms with Crippen molar-refractivity contribution in [3.8, 4) is 0 Å². The molecule has 3 rings (SSSR count). The van der Waals surface area contributed by atoms with Gasteiger partial charge < -0.3 is 20.0 Å². The minimum Gasteiger partial charge on any atom is -0.347 e. The van der Waals surface area contributed by atoms with E-state index in [1.165, 1.54) is 0 Å². The van der Waals surface area contributed by atoms with Gasteiger partial charge in [-0.3, -0.25) is 14.6 Å². The third-order valence-corrected chi connectivity index (χ3v) is 5.23. The van der Waals surface area contributed by atoms with E-state index in [2.05, 4.69) is 10.3 Å². The Balaban J connectivity index is 0.00000280. The highest BCUT2D eigenvalue weighted by molar-refractivity contribution is 14.0. The number of nitrogens with one attached hydrogen (secondary N) is 1. The van der Waals surface area contributed by atoms with Crippen molar-refractivity contribution in [1.82, 2.24) is 20.0 Å². The average molecular weight is 520 g/mol. The monoisotopic (exact) mass is 519 g/mol. The van der Waals surface area contributed by atoms with Crippen LogP contribution in [0.1, 0.15) is 18.4 Å². The average Bonchev–Trinajstić information content (AvgIpc) is 3.21. The van der Waals surface area contributed by atoms with Crippen LogP contribution in [0.15, 0.2) is 29.3 Å². The lowest BCUT2D eigenvalue weighted by molar-refractivity contribution is -0.135. The standard InChI is InChI=1S/C19H26ClN5O2.HI/c1-21-19(22-12-17(26)23-8-2-3-9-23)25-11-10-24(18(27)14-25)13-15-4-6-16(20)7-5-15;/h4-7H,2-3,8-14H2,1H3,(H,21,22);1H. The molecule has 1 aromatic rings. The van der Waals surface area contributed by atoms with Crippen LogP contribution in [0.4, 0.5) is 0 Å². The molecule has 0 bridgehead atoms. The van der Waals surface area contributed by atoms with Crippen molar-refractivity contribution >= 4 is 53.4 Å². The van der Waals surface area contributed by atoms with Crippen LogP contribution in [-0.2, 0) is 16.1 Å². The smallest absolute Gasteiger partial charge is 0.242 e. The van der Waals surface area contributed by atoms with E-state index in [4.69, 9.17) is 11.6 Å². The largest absolute Gasteiger partial charge is 0.347 e. The fourth-order valence-electron chi connectivity index (χ4n) is 3.43. The highest BCUT2D eigenvalue weighted by Gasteiger charge is 2.26. The van der Waals surface area contributed by atoms with Crippen LogP contribution in [0.2, 0.25) is 5.02 Å². The third-order valence-electron chi connectivity index (χ3n) is 4.97. The van der Waals surface area contributed by atoms with Crippen LogP contribution in [0, 0.1) is 0 Å². The lowest BCUT2D eigenvalue weighted by Gasteiger charge is -2.36. The van der Waals surface area contributed by atoms with Crippen molar-refractivity contribution < 1.29 is 9.59 Å². The molecule has 28 heavy (non-hydrogen) atoms. The number of guanidine groups is 1. The molecule has 7 nitrogen and oxygen atoms in total. The van der Waals surface area contributed by atoms with Crippen molar-refractivity contribution in [2.45, 2.75) is 19.4 Å². The van der Waals surface area contributed by atoms with E-state index in [1.807, 2.05) is 39.0 Å². The number of benzene rings is 1. The Hall–Kier alpha value is -1.55. The first-order chi connectivity index (χ1) is 13.1. The van der Waals surface area contributed by atoms with Gasteiger partial charge >= 0.3 is 0 Å². The maximum absolute atomic E-state index is 12.5. The molecule has 9 heteroatoms. The summed E-state index contributed by atoms with van der Waals surface area (Å²) in [7, 11) is 1.67. The number of likely N-dealkylation sites (tertiary alicyclic amines) is 1. The molecule has 2 fully saturated rings. The zero-order valence-corrected chi connectivity index (χ0v) is 19.2. The van der Waals surface area contributed by atoms with Crippen LogP contribution in [-0.4, -0.2) is 78.8 Å². The fourth-order valence-corrected chi connectivity index (χ4v) is 3.56. The molecule has 2 saturated heterocycles. The summed E-state index contributed by atoms with van der Waals surface area (Å²) in [6.07, 6.45) is 2.15. The Kier molecular flexibility index (Phi) is 8.81. The molecule has 0 saturated carbocycles. The zero-order valence-electron chi connectivity index (χ0n) is 16.1. The van der Waals surface area contributed by atoms with Crippen molar-refractivity contribution in [3.63, 3.8) is 0 Å². The van der Waals surface area contributed by atoms with Gasteiger partial charge in [0.05, 0.1) is 13.1 Å². The molecule has 2 aliphatic heterocycles. The van der Waals surface area contributed by atoms with E-state index in [0.29, 0.717) is 30.6 Å². The zero-order chi connectivity index (χ0) is 19.2. The summed E-state index contributed by atoms with van der Waals surface area (Å²) in [6.45, 7) is 4.00. The van der Waals surface area contributed by atoms with Gasteiger partial charge in [0.25, 0.3) is 0 Å². The SMILES string of the molecule is CN=C(NCC(=O)N1CCCC1)N1CCN(Cc2ccc(Cl)cc2)C(=O)C1.I. The van der Waals surface area contributed by atoms with Gasteiger partial charge in [0.15, 0.2) is 5.96 Å². The summed E-state index contributed by atoms with van der Waals surface area (Å²) in [5.74, 6) is 0.730. The molecule has 0 aliphatic carbocycles. The van der Waals surface area contributed by atoms with Gasteiger partial charge in [-0.15, -0.1) is 24.0 Å². The minimum atomic E-state index is 0. The lowest BCUT2D eigenvalue weighted by Crippen LogP contribution is -2.55. The summed E-state index contributed by atoms with van der Waals surface area (Å²) in [4.78, 5) is 34.6. The number of nitrogens with zero attached hydrogens (tertiary/aromatic N) is 4. The first-order valence-electron chi connectivity index (χ1n) is 9.32. The molecule has 1 N–H and O–H groups in total. The molecule has 1 aromatic carbocycles. The van der Waals surface area contributed by atoms with Gasteiger partial charge in [0.1, 0.15) is 0 Å². The van der Waals surface area contributed by atoms with Crippen molar-refractivity contribution in [2.24, 2.45) is 4.99 Å². The normalized spacial score (nSPS) is 17.6. The van der Waals surface area contributed by atoms with Crippen molar-refractivity contribution in [3.05, 3.63) is 34.9 Å². The van der Waals surface area contributed by atoms with Crippen LogP contribution in [0.5, 0.6) is 0 Å². The Bertz CT molecular complexity index is 707. The van der Waals surface area contributed by atoms with Crippen LogP contribution in [0.25, 0.3) is 0 Å². The number of amides is 2. The molecule has 0 spiro atoms. The van der Waals surface area contributed by atoms with E-state index in [9.17, 15) is 9.59 Å². The van der Waals surface area contributed by atoms with Gasteiger partial charge in [-0.05, 0) is 30.5 Å². The maximum atomic E-state index is 12.5. The third kappa shape index (κ3) is 5.97. The molecule has 0 atom stereocenters.